The van der Waals surface area contributed by atoms with E-state index in [-0.39, 0.29) is 31.1 Å². The summed E-state index contributed by atoms with van der Waals surface area (Å²) < 4.78 is 16.7. The monoisotopic (exact) mass is 779 g/mol. The van der Waals surface area contributed by atoms with Gasteiger partial charge < -0.3 is 14.2 Å². The van der Waals surface area contributed by atoms with Crippen molar-refractivity contribution in [3.05, 3.63) is 0 Å². The van der Waals surface area contributed by atoms with Gasteiger partial charge in [-0.05, 0) is 19.3 Å². The fourth-order valence-electron chi connectivity index (χ4n) is 7.38. The van der Waals surface area contributed by atoms with E-state index in [0.717, 1.165) is 57.8 Å². The van der Waals surface area contributed by atoms with E-state index in [1.54, 1.807) is 0 Å². The molecular formula is C49H94O6. The molecule has 0 saturated heterocycles. The molecule has 0 aliphatic heterocycles. The van der Waals surface area contributed by atoms with Crippen LogP contribution in [-0.2, 0) is 28.6 Å². The van der Waals surface area contributed by atoms with E-state index in [2.05, 4.69) is 20.8 Å². The van der Waals surface area contributed by atoms with Crippen molar-refractivity contribution in [2.75, 3.05) is 13.2 Å². The Morgan fingerprint density at radius 2 is 0.491 bits per heavy atom. The van der Waals surface area contributed by atoms with Crippen molar-refractivity contribution in [2.24, 2.45) is 0 Å². The number of carbonyl (C=O) groups is 3. The van der Waals surface area contributed by atoms with Crippen molar-refractivity contribution in [1.82, 2.24) is 0 Å². The van der Waals surface area contributed by atoms with E-state index in [0.29, 0.717) is 19.3 Å². The summed E-state index contributed by atoms with van der Waals surface area (Å²) in [5.74, 6) is -0.853. The first-order valence-electron chi connectivity index (χ1n) is 24.5. The number of hydrogen-bond donors (Lipinski definition) is 0. The van der Waals surface area contributed by atoms with Crippen molar-refractivity contribution in [2.45, 2.75) is 284 Å². The second-order valence-electron chi connectivity index (χ2n) is 16.7. The summed E-state index contributed by atoms with van der Waals surface area (Å²) in [6.45, 7) is 6.63. The summed E-state index contributed by atoms with van der Waals surface area (Å²) in [5.41, 5.74) is 0. The highest BCUT2D eigenvalue weighted by Gasteiger charge is 2.19. The lowest BCUT2D eigenvalue weighted by atomic mass is 10.0. The van der Waals surface area contributed by atoms with Crippen LogP contribution in [0.15, 0.2) is 0 Å². The van der Waals surface area contributed by atoms with Gasteiger partial charge in [-0.1, -0.05) is 239 Å². The molecule has 0 spiro atoms. The number of unbranched alkanes of at least 4 members (excludes halogenated alkanes) is 34. The summed E-state index contributed by atoms with van der Waals surface area (Å²) in [5, 5.41) is 0. The maximum atomic E-state index is 12.7. The summed E-state index contributed by atoms with van der Waals surface area (Å²) >= 11 is 0. The zero-order valence-corrected chi connectivity index (χ0v) is 37.2. The molecule has 1 atom stereocenters. The first-order valence-corrected chi connectivity index (χ1v) is 24.5. The predicted octanol–water partition coefficient (Wildman–Crippen LogP) is 15.6. The molecular weight excluding hydrogens is 685 g/mol. The second-order valence-corrected chi connectivity index (χ2v) is 16.7. The van der Waals surface area contributed by atoms with E-state index in [9.17, 15) is 14.4 Å². The molecule has 0 rings (SSSR count). The molecule has 0 bridgehead atoms. The quantitative estimate of drug-likeness (QED) is 0.0348. The van der Waals surface area contributed by atoms with Crippen molar-refractivity contribution >= 4 is 17.9 Å². The normalized spacial score (nSPS) is 11.8. The molecule has 0 amide bonds. The Morgan fingerprint density at radius 3 is 0.727 bits per heavy atom. The topological polar surface area (TPSA) is 78.9 Å². The summed E-state index contributed by atoms with van der Waals surface area (Å²) in [6.07, 6.45) is 46.7. The molecule has 6 heteroatoms. The average molecular weight is 779 g/mol. The Morgan fingerprint density at radius 1 is 0.291 bits per heavy atom. The molecule has 0 heterocycles. The van der Waals surface area contributed by atoms with Crippen LogP contribution in [0.2, 0.25) is 0 Å². The van der Waals surface area contributed by atoms with Crippen LogP contribution < -0.4 is 0 Å². The zero-order chi connectivity index (χ0) is 40.1. The Balaban J connectivity index is 4.20. The van der Waals surface area contributed by atoms with E-state index in [1.165, 1.54) is 180 Å². The summed E-state index contributed by atoms with van der Waals surface area (Å²) in [6, 6.07) is 0. The van der Waals surface area contributed by atoms with Crippen LogP contribution in [0.3, 0.4) is 0 Å². The minimum Gasteiger partial charge on any atom is -0.462 e. The Bertz CT molecular complexity index is 813. The Kier molecular flexibility index (Phi) is 43.8. The van der Waals surface area contributed by atoms with Gasteiger partial charge in [-0.25, -0.2) is 0 Å². The molecule has 55 heavy (non-hydrogen) atoms. The average Bonchev–Trinajstić information content (AvgIpc) is 3.18. The van der Waals surface area contributed by atoms with Crippen LogP contribution in [0.5, 0.6) is 0 Å². The molecule has 0 aromatic rings. The fraction of sp³-hybridized carbons (Fsp3) is 0.939. The SMILES string of the molecule is CCCCCCCCCCCCCCCCCCCCC(=O)O[C@@H](COC(=O)CCCCCCCCC)COC(=O)CCCCCCCCCCCCCC. The number of ether oxygens (including phenoxy) is 3. The van der Waals surface area contributed by atoms with Crippen LogP contribution >= 0.6 is 0 Å². The molecule has 0 N–H and O–H groups in total. The van der Waals surface area contributed by atoms with Gasteiger partial charge in [0.15, 0.2) is 6.10 Å². The predicted molar refractivity (Wildman–Crippen MR) is 233 cm³/mol. The standard InChI is InChI=1S/C49H94O6/c1-4-7-10-13-16-18-20-22-23-24-25-26-27-29-31-34-37-40-43-49(52)55-46(44-53-47(50)41-38-35-32-15-12-9-6-3)45-54-48(51)42-39-36-33-30-28-21-19-17-14-11-8-5-2/h46H,4-45H2,1-3H3/t46-/m0/s1. The van der Waals surface area contributed by atoms with Crippen molar-refractivity contribution in [3.8, 4) is 0 Å². The Hall–Kier alpha value is -1.59. The minimum atomic E-state index is -0.757. The van der Waals surface area contributed by atoms with E-state index >= 15 is 0 Å². The molecule has 0 aromatic carbocycles. The highest BCUT2D eigenvalue weighted by molar-refractivity contribution is 5.71. The molecule has 0 fully saturated rings. The van der Waals surface area contributed by atoms with E-state index in [4.69, 9.17) is 14.2 Å². The van der Waals surface area contributed by atoms with E-state index < -0.39 is 6.10 Å². The molecule has 0 aromatic heterocycles. The summed E-state index contributed by atoms with van der Waals surface area (Å²) in [4.78, 5) is 37.7. The number of carbonyl (C=O) groups excluding carboxylic acids is 3. The maximum absolute atomic E-state index is 12.7. The number of hydrogen-bond acceptors (Lipinski definition) is 6. The van der Waals surface area contributed by atoms with Crippen LogP contribution in [0.1, 0.15) is 278 Å². The largest absolute Gasteiger partial charge is 0.462 e. The van der Waals surface area contributed by atoms with Gasteiger partial charge >= 0.3 is 17.9 Å². The van der Waals surface area contributed by atoms with Crippen LogP contribution in [0.25, 0.3) is 0 Å². The Labute approximate surface area is 342 Å². The highest BCUT2D eigenvalue weighted by atomic mass is 16.6. The molecule has 0 saturated carbocycles. The lowest BCUT2D eigenvalue weighted by Crippen LogP contribution is -2.30. The van der Waals surface area contributed by atoms with Gasteiger partial charge in [0.2, 0.25) is 0 Å². The minimum absolute atomic E-state index is 0.0628. The van der Waals surface area contributed by atoms with Crippen LogP contribution in [0, 0.1) is 0 Å². The highest BCUT2D eigenvalue weighted by Crippen LogP contribution is 2.16. The van der Waals surface area contributed by atoms with Crippen molar-refractivity contribution in [3.63, 3.8) is 0 Å². The molecule has 0 unspecified atom stereocenters. The third-order valence-corrected chi connectivity index (χ3v) is 11.1. The molecule has 0 radical (unpaired) electrons. The van der Waals surface area contributed by atoms with E-state index in [1.807, 2.05) is 0 Å². The van der Waals surface area contributed by atoms with Gasteiger partial charge in [0, 0.05) is 19.3 Å². The van der Waals surface area contributed by atoms with Crippen molar-refractivity contribution < 1.29 is 28.6 Å². The zero-order valence-electron chi connectivity index (χ0n) is 37.2. The van der Waals surface area contributed by atoms with Gasteiger partial charge in [-0.3, -0.25) is 14.4 Å². The number of rotatable bonds is 45. The first kappa shape index (κ1) is 53.4. The van der Waals surface area contributed by atoms with Crippen LogP contribution in [-0.4, -0.2) is 37.2 Å². The third kappa shape index (κ3) is 43.4. The first-order chi connectivity index (χ1) is 27.0. The van der Waals surface area contributed by atoms with Gasteiger partial charge in [0.1, 0.15) is 13.2 Å². The molecule has 326 valence electrons. The fourth-order valence-corrected chi connectivity index (χ4v) is 7.38. The van der Waals surface area contributed by atoms with Gasteiger partial charge in [0.25, 0.3) is 0 Å². The van der Waals surface area contributed by atoms with Gasteiger partial charge in [0.05, 0.1) is 0 Å². The van der Waals surface area contributed by atoms with Gasteiger partial charge in [-0.15, -0.1) is 0 Å². The maximum Gasteiger partial charge on any atom is 0.306 e. The number of esters is 3. The molecule has 0 aliphatic carbocycles. The van der Waals surface area contributed by atoms with Crippen molar-refractivity contribution in [1.29, 1.82) is 0 Å². The van der Waals surface area contributed by atoms with Crippen LogP contribution in [0.4, 0.5) is 0 Å². The smallest absolute Gasteiger partial charge is 0.306 e. The third-order valence-electron chi connectivity index (χ3n) is 11.1. The molecule has 0 aliphatic rings. The second kappa shape index (κ2) is 45.1. The summed E-state index contributed by atoms with van der Waals surface area (Å²) in [7, 11) is 0. The van der Waals surface area contributed by atoms with Gasteiger partial charge in [-0.2, -0.15) is 0 Å². The lowest BCUT2D eigenvalue weighted by molar-refractivity contribution is -0.167. The lowest BCUT2D eigenvalue weighted by Gasteiger charge is -2.18. The molecule has 6 nitrogen and oxygen atoms in total.